The van der Waals surface area contributed by atoms with Gasteiger partial charge in [-0.2, -0.15) is 0 Å². The van der Waals surface area contributed by atoms with Gasteiger partial charge in [-0.15, -0.1) is 0 Å². The van der Waals surface area contributed by atoms with Crippen LogP contribution >= 0.6 is 0 Å². The summed E-state index contributed by atoms with van der Waals surface area (Å²) in [5.74, 6) is 0. The van der Waals surface area contributed by atoms with Crippen molar-refractivity contribution >= 4 is 8.97 Å². The highest BCUT2D eigenvalue weighted by molar-refractivity contribution is 6.57. The van der Waals surface area contributed by atoms with E-state index in [0.717, 1.165) is 6.42 Å². The Morgan fingerprint density at radius 2 is 1.47 bits per heavy atom. The Bertz CT molecular complexity index is 170. The van der Waals surface area contributed by atoms with E-state index in [4.69, 9.17) is 13.3 Å². The van der Waals surface area contributed by atoms with Crippen LogP contribution in [0.4, 0.5) is 0 Å². The molecule has 0 aromatic carbocycles. The molecule has 15 heavy (non-hydrogen) atoms. The first kappa shape index (κ1) is 15.1. The number of hydrogen-bond acceptors (Lipinski definition) is 4. The zero-order valence-corrected chi connectivity index (χ0v) is 12.0. The molecular formula is C10H25NO3Si. The van der Waals surface area contributed by atoms with Gasteiger partial charge in [-0.05, 0) is 11.8 Å². The van der Waals surface area contributed by atoms with Crippen molar-refractivity contribution in [2.75, 3.05) is 21.3 Å². The Balaban J connectivity index is 4.63. The van der Waals surface area contributed by atoms with E-state index in [2.05, 4.69) is 32.7 Å². The van der Waals surface area contributed by atoms with Gasteiger partial charge in [0.1, 0.15) is 0 Å². The van der Waals surface area contributed by atoms with Crippen molar-refractivity contribution in [1.82, 2.24) is 4.98 Å². The van der Waals surface area contributed by atoms with E-state index in [0.29, 0.717) is 6.04 Å². The Morgan fingerprint density at radius 3 is 1.67 bits per heavy atom. The largest absolute Gasteiger partial charge is 0.596 e. The van der Waals surface area contributed by atoms with Gasteiger partial charge < -0.3 is 13.3 Å². The first-order valence-corrected chi connectivity index (χ1v) is 7.00. The SMILES string of the molecule is CCC(N[Si](OC)(OC)OC)C(C)(C)C. The van der Waals surface area contributed by atoms with E-state index in [9.17, 15) is 0 Å². The standard InChI is InChI=1S/C10H25NO3Si/c1-8-9(10(2,3)4)11-15(12-5,13-6)14-7/h9,11H,8H2,1-7H3. The van der Waals surface area contributed by atoms with E-state index in [-0.39, 0.29) is 5.41 Å². The van der Waals surface area contributed by atoms with Crippen LogP contribution in [0.2, 0.25) is 0 Å². The lowest BCUT2D eigenvalue weighted by molar-refractivity contribution is 0.0941. The molecule has 0 radical (unpaired) electrons. The molecule has 92 valence electrons. The summed E-state index contributed by atoms with van der Waals surface area (Å²) >= 11 is 0. The molecule has 0 bridgehead atoms. The highest BCUT2D eigenvalue weighted by Crippen LogP contribution is 2.23. The fourth-order valence-corrected chi connectivity index (χ4v) is 3.49. The van der Waals surface area contributed by atoms with Crippen LogP contribution in [0.5, 0.6) is 0 Å². The minimum Gasteiger partial charge on any atom is -0.364 e. The molecule has 0 spiro atoms. The fourth-order valence-electron chi connectivity index (χ4n) is 1.57. The third-order valence-corrected chi connectivity index (χ3v) is 4.93. The molecule has 0 aliphatic rings. The van der Waals surface area contributed by atoms with Gasteiger partial charge in [-0.3, -0.25) is 4.98 Å². The third kappa shape index (κ3) is 4.20. The van der Waals surface area contributed by atoms with E-state index in [1.165, 1.54) is 0 Å². The van der Waals surface area contributed by atoms with Crippen LogP contribution < -0.4 is 4.98 Å². The molecule has 0 aromatic rings. The number of rotatable bonds is 6. The molecule has 0 saturated heterocycles. The molecule has 0 aromatic heterocycles. The lowest BCUT2D eigenvalue weighted by Crippen LogP contribution is -2.63. The molecule has 1 N–H and O–H groups in total. The van der Waals surface area contributed by atoms with E-state index >= 15 is 0 Å². The van der Waals surface area contributed by atoms with Crippen LogP contribution in [0.25, 0.3) is 0 Å². The molecule has 0 amide bonds. The van der Waals surface area contributed by atoms with Gasteiger partial charge in [0.2, 0.25) is 0 Å². The zero-order chi connectivity index (χ0) is 12.1. The molecular weight excluding hydrogens is 210 g/mol. The smallest absolute Gasteiger partial charge is 0.364 e. The predicted octanol–water partition coefficient (Wildman–Crippen LogP) is 1.78. The minimum atomic E-state index is -2.66. The van der Waals surface area contributed by atoms with Gasteiger partial charge in [-0.1, -0.05) is 27.7 Å². The minimum absolute atomic E-state index is 0.155. The Hall–Kier alpha value is 0.0569. The molecule has 4 nitrogen and oxygen atoms in total. The van der Waals surface area contributed by atoms with Crippen LogP contribution in [0.1, 0.15) is 34.1 Å². The van der Waals surface area contributed by atoms with E-state index in [1.807, 2.05) is 0 Å². The fraction of sp³-hybridized carbons (Fsp3) is 1.00. The van der Waals surface area contributed by atoms with Crippen LogP contribution in [0.15, 0.2) is 0 Å². The van der Waals surface area contributed by atoms with Crippen molar-refractivity contribution in [3.05, 3.63) is 0 Å². The summed E-state index contributed by atoms with van der Waals surface area (Å²) in [5, 5.41) is 0. The summed E-state index contributed by atoms with van der Waals surface area (Å²) in [6, 6.07) is 0.309. The second-order valence-electron chi connectivity index (χ2n) is 4.64. The normalized spacial score (nSPS) is 15.4. The summed E-state index contributed by atoms with van der Waals surface area (Å²) in [6.45, 7) is 8.71. The van der Waals surface area contributed by atoms with Gasteiger partial charge in [0, 0.05) is 27.4 Å². The molecule has 0 fully saturated rings. The lowest BCUT2D eigenvalue weighted by Gasteiger charge is -2.36. The lowest BCUT2D eigenvalue weighted by atomic mass is 9.86. The van der Waals surface area contributed by atoms with Gasteiger partial charge in [0.15, 0.2) is 0 Å². The second-order valence-corrected chi connectivity index (χ2v) is 7.27. The average Bonchev–Trinajstić information content (AvgIpc) is 2.19. The molecule has 0 aliphatic carbocycles. The zero-order valence-electron chi connectivity index (χ0n) is 11.0. The highest BCUT2D eigenvalue weighted by atomic mass is 28.4. The van der Waals surface area contributed by atoms with Crippen molar-refractivity contribution in [1.29, 1.82) is 0 Å². The molecule has 5 heteroatoms. The summed E-state index contributed by atoms with van der Waals surface area (Å²) in [4.78, 5) is 3.38. The van der Waals surface area contributed by atoms with Gasteiger partial charge in [-0.25, -0.2) is 0 Å². The molecule has 0 heterocycles. The second kappa shape index (κ2) is 5.96. The monoisotopic (exact) mass is 235 g/mol. The molecule has 0 rings (SSSR count). The average molecular weight is 235 g/mol. The van der Waals surface area contributed by atoms with Gasteiger partial charge in [0.25, 0.3) is 0 Å². The maximum absolute atomic E-state index is 5.35. The molecule has 1 atom stereocenters. The molecule has 0 saturated carbocycles. The van der Waals surface area contributed by atoms with Crippen LogP contribution in [0, 0.1) is 5.41 Å². The number of hydrogen-bond donors (Lipinski definition) is 1. The molecule has 1 unspecified atom stereocenters. The van der Waals surface area contributed by atoms with Crippen molar-refractivity contribution in [2.45, 2.75) is 40.2 Å². The van der Waals surface area contributed by atoms with E-state index in [1.54, 1.807) is 21.3 Å². The summed E-state index contributed by atoms with van der Waals surface area (Å²) < 4.78 is 16.0. The van der Waals surface area contributed by atoms with Crippen molar-refractivity contribution < 1.29 is 13.3 Å². The Kier molecular flexibility index (Phi) is 5.98. The van der Waals surface area contributed by atoms with Crippen molar-refractivity contribution in [3.8, 4) is 0 Å². The molecule has 0 aliphatic heterocycles. The summed E-state index contributed by atoms with van der Waals surface area (Å²) in [6.07, 6.45) is 1.01. The Labute approximate surface area is 94.7 Å². The van der Waals surface area contributed by atoms with Crippen LogP contribution in [-0.2, 0) is 13.3 Å². The van der Waals surface area contributed by atoms with Crippen LogP contribution in [-0.4, -0.2) is 36.3 Å². The predicted molar refractivity (Wildman–Crippen MR) is 63.5 cm³/mol. The van der Waals surface area contributed by atoms with E-state index < -0.39 is 8.97 Å². The van der Waals surface area contributed by atoms with Crippen molar-refractivity contribution in [2.24, 2.45) is 5.41 Å². The van der Waals surface area contributed by atoms with Crippen molar-refractivity contribution in [3.63, 3.8) is 0 Å². The third-order valence-electron chi connectivity index (χ3n) is 2.61. The first-order chi connectivity index (χ1) is 6.85. The maximum Gasteiger partial charge on any atom is 0.596 e. The topological polar surface area (TPSA) is 39.7 Å². The first-order valence-electron chi connectivity index (χ1n) is 5.28. The quantitative estimate of drug-likeness (QED) is 0.712. The highest BCUT2D eigenvalue weighted by Gasteiger charge is 2.43. The summed E-state index contributed by atoms with van der Waals surface area (Å²) in [5.41, 5.74) is 0.155. The van der Waals surface area contributed by atoms with Crippen LogP contribution in [0.3, 0.4) is 0 Å². The Morgan fingerprint density at radius 1 is 1.07 bits per heavy atom. The van der Waals surface area contributed by atoms with Gasteiger partial charge in [0.05, 0.1) is 0 Å². The summed E-state index contributed by atoms with van der Waals surface area (Å²) in [7, 11) is 2.18. The number of nitrogens with one attached hydrogen (secondary N) is 1. The van der Waals surface area contributed by atoms with Gasteiger partial charge >= 0.3 is 8.97 Å². The maximum atomic E-state index is 5.35.